The number of fused-ring (bicyclic) bond motifs is 1. The second-order valence-electron chi connectivity index (χ2n) is 3.39. The Morgan fingerprint density at radius 1 is 1.07 bits per heavy atom. The van der Waals surface area contributed by atoms with Crippen molar-refractivity contribution >= 4 is 23.4 Å². The van der Waals surface area contributed by atoms with E-state index in [1.807, 2.05) is 0 Å². The summed E-state index contributed by atoms with van der Waals surface area (Å²) in [5.74, 6) is 0. The SMILES string of the molecule is Cn1c(=O)[nH]c2c(c1=O)n(C)c(=S)n2C. The minimum Gasteiger partial charge on any atom is -0.314 e. The molecule has 80 valence electrons. The molecule has 0 bridgehead atoms. The molecule has 0 amide bonds. The van der Waals surface area contributed by atoms with Gasteiger partial charge in [0.15, 0.2) is 10.3 Å². The lowest BCUT2D eigenvalue weighted by molar-refractivity contribution is 0.781. The third-order valence-electron chi connectivity index (χ3n) is 2.51. The lowest BCUT2D eigenvalue weighted by Gasteiger charge is -1.97. The first kappa shape index (κ1) is 9.91. The molecule has 6 nitrogen and oxygen atoms in total. The molecule has 1 N–H and O–H groups in total. The van der Waals surface area contributed by atoms with E-state index < -0.39 is 5.69 Å². The van der Waals surface area contributed by atoms with Crippen LogP contribution < -0.4 is 11.2 Å². The van der Waals surface area contributed by atoms with Gasteiger partial charge in [-0.25, -0.2) is 4.79 Å². The van der Waals surface area contributed by atoms with Gasteiger partial charge >= 0.3 is 5.69 Å². The van der Waals surface area contributed by atoms with Gasteiger partial charge in [0.2, 0.25) is 0 Å². The average Bonchev–Trinajstić information content (AvgIpc) is 2.40. The number of aromatic nitrogens is 4. The summed E-state index contributed by atoms with van der Waals surface area (Å²) in [6, 6.07) is 0. The second kappa shape index (κ2) is 2.93. The molecule has 0 atom stereocenters. The zero-order valence-electron chi connectivity index (χ0n) is 8.57. The minimum atomic E-state index is -0.441. The number of nitrogens with one attached hydrogen (secondary N) is 1. The summed E-state index contributed by atoms with van der Waals surface area (Å²) < 4.78 is 4.71. The van der Waals surface area contributed by atoms with E-state index in [-0.39, 0.29) is 5.56 Å². The highest BCUT2D eigenvalue weighted by Gasteiger charge is 2.12. The lowest BCUT2D eigenvalue weighted by Crippen LogP contribution is -2.33. The van der Waals surface area contributed by atoms with Crippen molar-refractivity contribution in [2.24, 2.45) is 21.1 Å². The summed E-state index contributed by atoms with van der Waals surface area (Å²) in [6.07, 6.45) is 0. The molecule has 0 aliphatic carbocycles. The van der Waals surface area contributed by atoms with Crippen LogP contribution >= 0.6 is 12.2 Å². The lowest BCUT2D eigenvalue weighted by atomic mass is 10.5. The highest BCUT2D eigenvalue weighted by atomic mass is 32.1. The van der Waals surface area contributed by atoms with E-state index in [1.165, 1.54) is 7.05 Å². The number of nitrogens with zero attached hydrogens (tertiary/aromatic N) is 3. The predicted molar refractivity (Wildman–Crippen MR) is 58.6 cm³/mol. The predicted octanol–water partition coefficient (Wildman–Crippen LogP) is -0.367. The van der Waals surface area contributed by atoms with Crippen LogP contribution in [0.5, 0.6) is 0 Å². The Labute approximate surface area is 89.4 Å². The second-order valence-corrected chi connectivity index (χ2v) is 3.76. The van der Waals surface area contributed by atoms with Crippen LogP contribution in [0.15, 0.2) is 9.59 Å². The fourth-order valence-electron chi connectivity index (χ4n) is 1.56. The van der Waals surface area contributed by atoms with Gasteiger partial charge in [0.1, 0.15) is 5.65 Å². The Kier molecular flexibility index (Phi) is 1.93. The van der Waals surface area contributed by atoms with Gasteiger partial charge in [0, 0.05) is 21.1 Å². The molecule has 0 radical (unpaired) electrons. The van der Waals surface area contributed by atoms with E-state index in [1.54, 1.807) is 23.2 Å². The van der Waals surface area contributed by atoms with Crippen molar-refractivity contribution in [1.29, 1.82) is 0 Å². The normalized spacial score (nSPS) is 11.1. The summed E-state index contributed by atoms with van der Waals surface area (Å²) in [4.78, 5) is 25.8. The van der Waals surface area contributed by atoms with E-state index in [9.17, 15) is 9.59 Å². The fraction of sp³-hybridized carbons (Fsp3) is 0.375. The maximum absolute atomic E-state index is 11.8. The molecule has 2 heterocycles. The summed E-state index contributed by atoms with van der Waals surface area (Å²) in [6.45, 7) is 0. The topological polar surface area (TPSA) is 64.7 Å². The van der Waals surface area contributed by atoms with Crippen LogP contribution in [-0.4, -0.2) is 18.7 Å². The fourth-order valence-corrected chi connectivity index (χ4v) is 1.74. The molecule has 2 aromatic rings. The maximum atomic E-state index is 11.8. The smallest absolute Gasteiger partial charge is 0.314 e. The van der Waals surface area contributed by atoms with Crippen LogP contribution in [0, 0.1) is 4.77 Å². The van der Waals surface area contributed by atoms with E-state index in [4.69, 9.17) is 12.2 Å². The average molecular weight is 226 g/mol. The number of aromatic amines is 1. The molecule has 0 spiro atoms. The Morgan fingerprint density at radius 2 is 1.67 bits per heavy atom. The van der Waals surface area contributed by atoms with Gasteiger partial charge in [-0.3, -0.25) is 14.3 Å². The molecule has 7 heteroatoms. The summed E-state index contributed by atoms with van der Waals surface area (Å²) >= 11 is 5.10. The van der Waals surface area contributed by atoms with Crippen LogP contribution in [-0.2, 0) is 21.1 Å². The third-order valence-corrected chi connectivity index (χ3v) is 3.05. The first-order valence-corrected chi connectivity index (χ1v) is 4.70. The number of hydrogen-bond donors (Lipinski definition) is 1. The molecule has 2 rings (SSSR count). The van der Waals surface area contributed by atoms with E-state index in [2.05, 4.69) is 4.98 Å². The standard InChI is InChI=1S/C8H10N4O2S/c1-10-4-5(11(2)8(10)15)9-7(14)12(3)6(4)13/h1-3H3,(H,9,14). The molecule has 0 unspecified atom stereocenters. The van der Waals surface area contributed by atoms with Crippen LogP contribution in [0.2, 0.25) is 0 Å². The Balaban J connectivity index is 3.29. The minimum absolute atomic E-state index is 0.344. The van der Waals surface area contributed by atoms with Crippen molar-refractivity contribution in [3.8, 4) is 0 Å². The Hall–Kier alpha value is -1.63. The zero-order valence-corrected chi connectivity index (χ0v) is 9.38. The van der Waals surface area contributed by atoms with Crippen LogP contribution in [0.4, 0.5) is 0 Å². The van der Waals surface area contributed by atoms with Crippen molar-refractivity contribution in [2.45, 2.75) is 0 Å². The molecule has 0 saturated carbocycles. The maximum Gasteiger partial charge on any atom is 0.329 e. The van der Waals surface area contributed by atoms with Crippen molar-refractivity contribution in [1.82, 2.24) is 18.7 Å². The largest absolute Gasteiger partial charge is 0.329 e. The van der Waals surface area contributed by atoms with E-state index in [0.717, 1.165) is 4.57 Å². The first-order chi connectivity index (χ1) is 6.95. The van der Waals surface area contributed by atoms with Crippen molar-refractivity contribution in [3.63, 3.8) is 0 Å². The van der Waals surface area contributed by atoms with E-state index >= 15 is 0 Å². The molecule has 15 heavy (non-hydrogen) atoms. The number of H-pyrrole nitrogens is 1. The highest BCUT2D eigenvalue weighted by molar-refractivity contribution is 7.71. The zero-order chi connectivity index (χ0) is 11.3. The van der Waals surface area contributed by atoms with Crippen molar-refractivity contribution < 1.29 is 0 Å². The van der Waals surface area contributed by atoms with Crippen LogP contribution in [0.25, 0.3) is 11.2 Å². The highest BCUT2D eigenvalue weighted by Crippen LogP contribution is 2.06. The monoisotopic (exact) mass is 226 g/mol. The quantitative estimate of drug-likeness (QED) is 0.623. The van der Waals surface area contributed by atoms with Crippen molar-refractivity contribution in [3.05, 3.63) is 25.6 Å². The van der Waals surface area contributed by atoms with Gasteiger partial charge in [0.25, 0.3) is 5.56 Å². The summed E-state index contributed by atoms with van der Waals surface area (Å²) in [7, 11) is 4.83. The van der Waals surface area contributed by atoms with Gasteiger partial charge in [0.05, 0.1) is 0 Å². The Morgan fingerprint density at radius 3 is 2.27 bits per heavy atom. The third kappa shape index (κ3) is 1.13. The molecular formula is C8H10N4O2S. The molecule has 0 fully saturated rings. The van der Waals surface area contributed by atoms with Gasteiger partial charge in [-0.1, -0.05) is 0 Å². The molecule has 2 aromatic heterocycles. The van der Waals surface area contributed by atoms with Gasteiger partial charge < -0.3 is 9.13 Å². The van der Waals surface area contributed by atoms with Crippen LogP contribution in [0.1, 0.15) is 0 Å². The summed E-state index contributed by atoms with van der Waals surface area (Å²) in [5, 5.41) is 0. The number of hydrogen-bond acceptors (Lipinski definition) is 3. The molecule has 0 aromatic carbocycles. The number of aryl methyl sites for hydroxylation is 2. The molecule has 0 saturated heterocycles. The van der Waals surface area contributed by atoms with Gasteiger partial charge in [-0.05, 0) is 12.2 Å². The molecule has 0 aliphatic rings. The Bertz CT molecular complexity index is 715. The van der Waals surface area contributed by atoms with Crippen molar-refractivity contribution in [2.75, 3.05) is 0 Å². The van der Waals surface area contributed by atoms with E-state index in [0.29, 0.717) is 15.9 Å². The molecule has 0 aliphatic heterocycles. The molecular weight excluding hydrogens is 216 g/mol. The first-order valence-electron chi connectivity index (χ1n) is 4.30. The number of imidazole rings is 1. The number of rotatable bonds is 0. The van der Waals surface area contributed by atoms with Crippen LogP contribution in [0.3, 0.4) is 0 Å². The van der Waals surface area contributed by atoms with Gasteiger partial charge in [-0.15, -0.1) is 0 Å². The summed E-state index contributed by atoms with van der Waals surface area (Å²) in [5.41, 5.74) is 0.0758. The van der Waals surface area contributed by atoms with Gasteiger partial charge in [-0.2, -0.15) is 0 Å².